The molecule has 0 saturated heterocycles. The third kappa shape index (κ3) is 2.29. The summed E-state index contributed by atoms with van der Waals surface area (Å²) in [5.41, 5.74) is 2.26. The van der Waals surface area contributed by atoms with Crippen molar-refractivity contribution in [1.82, 2.24) is 9.55 Å². The first-order chi connectivity index (χ1) is 9.65. The smallest absolute Gasteiger partial charge is 0.125 e. The van der Waals surface area contributed by atoms with E-state index < -0.39 is 0 Å². The number of rotatable bonds is 3. The Morgan fingerprint density at radius 3 is 2.85 bits per heavy atom. The normalized spacial score (nSPS) is 26.5. The van der Waals surface area contributed by atoms with E-state index >= 15 is 0 Å². The van der Waals surface area contributed by atoms with Crippen LogP contribution in [0.3, 0.4) is 0 Å². The predicted molar refractivity (Wildman–Crippen MR) is 88.2 cm³/mol. The first-order valence-corrected chi connectivity index (χ1v) is 8.70. The highest BCUT2D eigenvalue weighted by atomic mass is 79.9. The Morgan fingerprint density at radius 2 is 2.20 bits per heavy atom. The van der Waals surface area contributed by atoms with Crippen LogP contribution in [0.5, 0.6) is 0 Å². The lowest BCUT2D eigenvalue weighted by molar-refractivity contribution is 0.330. The number of aromatic nitrogens is 2. The maximum absolute atomic E-state index is 6.14. The zero-order valence-electron chi connectivity index (χ0n) is 11.9. The highest BCUT2D eigenvalue weighted by Gasteiger charge is 2.34. The second-order valence-corrected chi connectivity index (χ2v) is 7.02. The number of benzene rings is 1. The predicted octanol–water partition coefficient (Wildman–Crippen LogP) is 5.53. The van der Waals surface area contributed by atoms with E-state index in [1.807, 2.05) is 6.07 Å². The molecule has 2 nitrogen and oxygen atoms in total. The first-order valence-electron chi connectivity index (χ1n) is 7.38. The number of hydrogen-bond donors (Lipinski definition) is 0. The summed E-state index contributed by atoms with van der Waals surface area (Å²) in [6, 6.07) is 6.82. The Hall–Kier alpha value is -0.540. The molecule has 1 saturated carbocycles. The second-order valence-electron chi connectivity index (χ2n) is 5.84. The van der Waals surface area contributed by atoms with Gasteiger partial charge in [-0.25, -0.2) is 4.98 Å². The van der Waals surface area contributed by atoms with Crippen LogP contribution >= 0.6 is 27.5 Å². The van der Waals surface area contributed by atoms with Crippen molar-refractivity contribution in [3.63, 3.8) is 0 Å². The Balaban J connectivity index is 2.12. The van der Waals surface area contributed by atoms with Crippen LogP contribution in [0.25, 0.3) is 11.0 Å². The highest BCUT2D eigenvalue weighted by Crippen LogP contribution is 2.43. The highest BCUT2D eigenvalue weighted by molar-refractivity contribution is 9.10. The maximum atomic E-state index is 6.14. The van der Waals surface area contributed by atoms with Crippen LogP contribution in [0.1, 0.15) is 45.0 Å². The third-order valence-electron chi connectivity index (χ3n) is 4.88. The summed E-state index contributed by atoms with van der Waals surface area (Å²) in [6.45, 7) is 4.68. The minimum atomic E-state index is 0.478. The molecule has 0 spiro atoms. The standard InChI is InChI=1S/C16H20BrClN2/c1-3-11-4-7-14(10(11)2)20-15-8-12(17)5-6-13(15)19-16(20)9-18/h5-6,8,10-11,14H,3-4,7,9H2,1-2H3. The first kappa shape index (κ1) is 14.4. The van der Waals surface area contributed by atoms with Gasteiger partial charge in [0.1, 0.15) is 5.82 Å². The Labute approximate surface area is 133 Å². The molecule has 1 aromatic carbocycles. The zero-order chi connectivity index (χ0) is 14.3. The lowest BCUT2D eigenvalue weighted by atomic mass is 9.93. The molecule has 4 heteroatoms. The molecule has 1 heterocycles. The Kier molecular flexibility index (Phi) is 4.09. The molecule has 0 N–H and O–H groups in total. The minimum absolute atomic E-state index is 0.478. The summed E-state index contributed by atoms with van der Waals surface area (Å²) in [5.74, 6) is 3.01. The lowest BCUT2D eigenvalue weighted by Crippen LogP contribution is -2.17. The van der Waals surface area contributed by atoms with Crippen molar-refractivity contribution in [2.75, 3.05) is 0 Å². The summed E-state index contributed by atoms with van der Waals surface area (Å²) in [5, 5.41) is 0. The van der Waals surface area contributed by atoms with E-state index in [0.717, 1.165) is 21.7 Å². The van der Waals surface area contributed by atoms with Gasteiger partial charge in [0.2, 0.25) is 0 Å². The number of nitrogens with zero attached hydrogens (tertiary/aromatic N) is 2. The average Bonchev–Trinajstić information content (AvgIpc) is 2.98. The van der Waals surface area contributed by atoms with Gasteiger partial charge in [-0.15, -0.1) is 11.6 Å². The van der Waals surface area contributed by atoms with Gasteiger partial charge < -0.3 is 4.57 Å². The molecule has 0 radical (unpaired) electrons. The maximum Gasteiger partial charge on any atom is 0.125 e. The van der Waals surface area contributed by atoms with Gasteiger partial charge in [-0.1, -0.05) is 36.2 Å². The van der Waals surface area contributed by atoms with E-state index in [0.29, 0.717) is 17.8 Å². The molecule has 2 aromatic rings. The fourth-order valence-electron chi connectivity index (χ4n) is 3.75. The van der Waals surface area contributed by atoms with Gasteiger partial charge in [0, 0.05) is 10.5 Å². The number of hydrogen-bond acceptors (Lipinski definition) is 1. The molecular weight excluding hydrogens is 336 g/mol. The van der Waals surface area contributed by atoms with Crippen molar-refractivity contribution >= 4 is 38.6 Å². The van der Waals surface area contributed by atoms with Gasteiger partial charge in [0.05, 0.1) is 16.9 Å². The van der Waals surface area contributed by atoms with Crippen molar-refractivity contribution < 1.29 is 0 Å². The fourth-order valence-corrected chi connectivity index (χ4v) is 4.28. The molecule has 1 aliphatic rings. The Morgan fingerprint density at radius 1 is 1.40 bits per heavy atom. The average molecular weight is 356 g/mol. The van der Waals surface area contributed by atoms with Gasteiger partial charge >= 0.3 is 0 Å². The van der Waals surface area contributed by atoms with Crippen LogP contribution in [0.4, 0.5) is 0 Å². The summed E-state index contributed by atoms with van der Waals surface area (Å²) < 4.78 is 3.50. The van der Waals surface area contributed by atoms with Crippen LogP contribution in [-0.4, -0.2) is 9.55 Å². The molecule has 3 atom stereocenters. The van der Waals surface area contributed by atoms with E-state index in [1.54, 1.807) is 0 Å². The lowest BCUT2D eigenvalue weighted by Gasteiger charge is -2.23. The van der Waals surface area contributed by atoms with Crippen molar-refractivity contribution in [2.45, 2.75) is 45.0 Å². The SMILES string of the molecule is CCC1CCC(n2c(CCl)nc3ccc(Br)cc32)C1C. The van der Waals surface area contributed by atoms with Crippen LogP contribution in [-0.2, 0) is 5.88 Å². The molecule has 0 aliphatic heterocycles. The van der Waals surface area contributed by atoms with Crippen LogP contribution < -0.4 is 0 Å². The monoisotopic (exact) mass is 354 g/mol. The molecule has 108 valence electrons. The molecule has 3 unspecified atom stereocenters. The van der Waals surface area contributed by atoms with Crippen LogP contribution in [0.15, 0.2) is 22.7 Å². The van der Waals surface area contributed by atoms with Gasteiger partial charge in [0.15, 0.2) is 0 Å². The van der Waals surface area contributed by atoms with Crippen molar-refractivity contribution in [2.24, 2.45) is 11.8 Å². The molecule has 0 bridgehead atoms. The molecule has 1 fully saturated rings. The van der Waals surface area contributed by atoms with Crippen molar-refractivity contribution in [3.8, 4) is 0 Å². The summed E-state index contributed by atoms with van der Waals surface area (Å²) in [7, 11) is 0. The molecule has 3 rings (SSSR count). The third-order valence-corrected chi connectivity index (χ3v) is 5.62. The second kappa shape index (κ2) is 5.69. The largest absolute Gasteiger partial charge is 0.324 e. The number of halogens is 2. The minimum Gasteiger partial charge on any atom is -0.324 e. The van der Waals surface area contributed by atoms with E-state index in [4.69, 9.17) is 16.6 Å². The summed E-state index contributed by atoms with van der Waals surface area (Å²) in [6.07, 6.45) is 3.82. The number of imidazole rings is 1. The van der Waals surface area contributed by atoms with Gasteiger partial charge in [-0.3, -0.25) is 0 Å². The quantitative estimate of drug-likeness (QED) is 0.661. The topological polar surface area (TPSA) is 17.8 Å². The molecule has 20 heavy (non-hydrogen) atoms. The molecule has 1 aliphatic carbocycles. The summed E-state index contributed by atoms with van der Waals surface area (Å²) >= 11 is 9.72. The van der Waals surface area contributed by atoms with Crippen molar-refractivity contribution in [1.29, 1.82) is 0 Å². The molecule has 1 aromatic heterocycles. The van der Waals surface area contributed by atoms with Gasteiger partial charge in [0.25, 0.3) is 0 Å². The van der Waals surface area contributed by atoms with E-state index in [1.165, 1.54) is 24.8 Å². The van der Waals surface area contributed by atoms with E-state index in [-0.39, 0.29) is 0 Å². The summed E-state index contributed by atoms with van der Waals surface area (Å²) in [4.78, 5) is 4.71. The molecular formula is C16H20BrClN2. The van der Waals surface area contributed by atoms with Crippen LogP contribution in [0, 0.1) is 11.8 Å². The van der Waals surface area contributed by atoms with Crippen molar-refractivity contribution in [3.05, 3.63) is 28.5 Å². The van der Waals surface area contributed by atoms with Gasteiger partial charge in [-0.2, -0.15) is 0 Å². The van der Waals surface area contributed by atoms with E-state index in [2.05, 4.69) is 46.5 Å². The zero-order valence-corrected chi connectivity index (χ0v) is 14.3. The fraction of sp³-hybridized carbons (Fsp3) is 0.562. The Bertz CT molecular complexity index is 622. The molecule has 0 amide bonds. The van der Waals surface area contributed by atoms with E-state index in [9.17, 15) is 0 Å². The van der Waals surface area contributed by atoms with Gasteiger partial charge in [-0.05, 0) is 42.9 Å². The number of alkyl halides is 1. The van der Waals surface area contributed by atoms with Crippen LogP contribution in [0.2, 0.25) is 0 Å². The number of fused-ring (bicyclic) bond motifs is 1.